The van der Waals surface area contributed by atoms with E-state index in [0.717, 1.165) is 39.0 Å². The summed E-state index contributed by atoms with van der Waals surface area (Å²) in [5.74, 6) is 0.494. The number of fused-ring (bicyclic) bond motifs is 4. The third-order valence-corrected chi connectivity index (χ3v) is 4.08. The molecule has 0 spiro atoms. The van der Waals surface area contributed by atoms with Gasteiger partial charge in [-0.05, 0) is 37.1 Å². The summed E-state index contributed by atoms with van der Waals surface area (Å²) in [6.07, 6.45) is 1.79. The van der Waals surface area contributed by atoms with E-state index in [0.29, 0.717) is 17.4 Å². The van der Waals surface area contributed by atoms with Gasteiger partial charge in [0.1, 0.15) is 5.75 Å². The fourth-order valence-corrected chi connectivity index (χ4v) is 2.88. The molecule has 3 aliphatic heterocycles. The van der Waals surface area contributed by atoms with Crippen LogP contribution in [-0.4, -0.2) is 48.1 Å². The molecule has 2 bridgehead atoms. The summed E-state index contributed by atoms with van der Waals surface area (Å²) < 4.78 is 5.42. The van der Waals surface area contributed by atoms with E-state index in [1.54, 1.807) is 24.3 Å². The first-order valence-electron chi connectivity index (χ1n) is 6.97. The first-order chi connectivity index (χ1) is 9.76. The van der Waals surface area contributed by atoms with Crippen LogP contribution >= 0.6 is 0 Å². The smallest absolute Gasteiger partial charge is 0.410 e. The highest BCUT2D eigenvalue weighted by Gasteiger charge is 2.32. The van der Waals surface area contributed by atoms with Gasteiger partial charge in [0.25, 0.3) is 0 Å². The van der Waals surface area contributed by atoms with E-state index in [1.165, 1.54) is 0 Å². The van der Waals surface area contributed by atoms with Gasteiger partial charge in [-0.3, -0.25) is 0 Å². The minimum Gasteiger partial charge on any atom is -0.410 e. The van der Waals surface area contributed by atoms with Gasteiger partial charge >= 0.3 is 6.09 Å². The summed E-state index contributed by atoms with van der Waals surface area (Å²) in [4.78, 5) is 16.5. The summed E-state index contributed by atoms with van der Waals surface area (Å²) in [6.45, 7) is 3.81. The minimum absolute atomic E-state index is 0.275. The monoisotopic (exact) mass is 271 g/mol. The van der Waals surface area contributed by atoms with Crippen LogP contribution in [0, 0.1) is 11.3 Å². The van der Waals surface area contributed by atoms with E-state index in [4.69, 9.17) is 10.00 Å². The standard InChI is InChI=1S/C15H17N3O2/c16-11-12-1-3-14(4-2-12)20-15(19)18-10-9-17-7-5-13(18)6-8-17/h1-4,13H,5-10H2. The minimum atomic E-state index is -0.275. The van der Waals surface area contributed by atoms with Crippen molar-refractivity contribution < 1.29 is 9.53 Å². The molecule has 1 aromatic rings. The van der Waals surface area contributed by atoms with Crippen molar-refractivity contribution in [1.29, 1.82) is 5.26 Å². The Labute approximate surface area is 118 Å². The fraction of sp³-hybridized carbons (Fsp3) is 0.467. The lowest BCUT2D eigenvalue weighted by Gasteiger charge is -2.30. The first-order valence-corrected chi connectivity index (χ1v) is 6.97. The van der Waals surface area contributed by atoms with Crippen LogP contribution in [0.4, 0.5) is 4.79 Å². The number of hydrogen-bond donors (Lipinski definition) is 0. The Kier molecular flexibility index (Phi) is 3.57. The van der Waals surface area contributed by atoms with Crippen LogP contribution in [-0.2, 0) is 0 Å². The van der Waals surface area contributed by atoms with Crippen LogP contribution < -0.4 is 4.74 Å². The lowest BCUT2D eigenvalue weighted by Crippen LogP contribution is -2.43. The van der Waals surface area contributed by atoms with Gasteiger partial charge in [0.05, 0.1) is 11.6 Å². The number of ether oxygens (including phenoxy) is 1. The number of rotatable bonds is 1. The summed E-state index contributed by atoms with van der Waals surface area (Å²) in [6, 6.07) is 8.98. The van der Waals surface area contributed by atoms with Crippen molar-refractivity contribution in [2.45, 2.75) is 18.9 Å². The van der Waals surface area contributed by atoms with Gasteiger partial charge in [0.2, 0.25) is 0 Å². The Hall–Kier alpha value is -2.06. The van der Waals surface area contributed by atoms with Crippen molar-refractivity contribution in [3.8, 4) is 11.8 Å². The predicted octanol–water partition coefficient (Wildman–Crippen LogP) is 1.84. The lowest BCUT2D eigenvalue weighted by atomic mass is 10.1. The van der Waals surface area contributed by atoms with Crippen LogP contribution in [0.25, 0.3) is 0 Å². The van der Waals surface area contributed by atoms with Crippen molar-refractivity contribution in [3.05, 3.63) is 29.8 Å². The van der Waals surface area contributed by atoms with Gasteiger partial charge in [-0.25, -0.2) is 4.79 Å². The molecular weight excluding hydrogens is 254 g/mol. The average molecular weight is 271 g/mol. The third kappa shape index (κ3) is 2.61. The Morgan fingerprint density at radius 1 is 1.15 bits per heavy atom. The van der Waals surface area contributed by atoms with Crippen LogP contribution in [0.5, 0.6) is 5.75 Å². The lowest BCUT2D eigenvalue weighted by molar-refractivity contribution is 0.131. The van der Waals surface area contributed by atoms with E-state index >= 15 is 0 Å². The van der Waals surface area contributed by atoms with Crippen molar-refractivity contribution in [2.75, 3.05) is 26.2 Å². The highest BCUT2D eigenvalue weighted by molar-refractivity contribution is 5.71. The molecule has 20 heavy (non-hydrogen) atoms. The molecule has 1 amide bonds. The van der Waals surface area contributed by atoms with Crippen molar-refractivity contribution >= 4 is 6.09 Å². The zero-order valence-corrected chi connectivity index (χ0v) is 11.3. The van der Waals surface area contributed by atoms with Gasteiger partial charge in [0, 0.05) is 32.2 Å². The summed E-state index contributed by atoms with van der Waals surface area (Å²) in [7, 11) is 0. The fourth-order valence-electron chi connectivity index (χ4n) is 2.88. The molecule has 1 aromatic carbocycles. The number of piperidine rings is 1. The zero-order valence-electron chi connectivity index (χ0n) is 11.3. The topological polar surface area (TPSA) is 56.6 Å². The molecule has 0 aromatic heterocycles. The van der Waals surface area contributed by atoms with E-state index in [9.17, 15) is 4.79 Å². The maximum absolute atomic E-state index is 12.3. The number of nitrogens with zero attached hydrogens (tertiary/aromatic N) is 3. The van der Waals surface area contributed by atoms with Gasteiger partial charge in [0.15, 0.2) is 0 Å². The molecule has 0 radical (unpaired) electrons. The Morgan fingerprint density at radius 2 is 1.85 bits per heavy atom. The molecule has 0 N–H and O–H groups in total. The molecule has 3 fully saturated rings. The molecule has 4 rings (SSSR count). The number of carbonyl (C=O) groups excluding carboxylic acids is 1. The number of nitriles is 1. The Bertz CT molecular complexity index is 527. The normalized spacial score (nSPS) is 24.9. The van der Waals surface area contributed by atoms with E-state index in [1.807, 2.05) is 11.0 Å². The second-order valence-corrected chi connectivity index (χ2v) is 5.27. The van der Waals surface area contributed by atoms with Gasteiger partial charge < -0.3 is 14.5 Å². The summed E-state index contributed by atoms with van der Waals surface area (Å²) in [5, 5.41) is 8.75. The first kappa shape index (κ1) is 12.9. The average Bonchev–Trinajstić information content (AvgIpc) is 2.81. The summed E-state index contributed by atoms with van der Waals surface area (Å²) >= 11 is 0. The van der Waals surface area contributed by atoms with E-state index < -0.39 is 0 Å². The van der Waals surface area contributed by atoms with Crippen LogP contribution in [0.3, 0.4) is 0 Å². The predicted molar refractivity (Wildman–Crippen MR) is 73.3 cm³/mol. The molecule has 0 unspecified atom stereocenters. The molecule has 3 saturated heterocycles. The zero-order chi connectivity index (χ0) is 13.9. The molecule has 3 heterocycles. The quantitative estimate of drug-likeness (QED) is 0.782. The second kappa shape index (κ2) is 5.51. The van der Waals surface area contributed by atoms with E-state index in [2.05, 4.69) is 4.90 Å². The van der Waals surface area contributed by atoms with Gasteiger partial charge in [-0.2, -0.15) is 5.26 Å². The highest BCUT2D eigenvalue weighted by atomic mass is 16.6. The third-order valence-electron chi connectivity index (χ3n) is 4.08. The van der Waals surface area contributed by atoms with Crippen LogP contribution in [0.15, 0.2) is 24.3 Å². The molecule has 0 saturated carbocycles. The van der Waals surface area contributed by atoms with Crippen molar-refractivity contribution in [1.82, 2.24) is 9.80 Å². The largest absolute Gasteiger partial charge is 0.415 e. The molecule has 104 valence electrons. The molecule has 3 aliphatic rings. The summed E-state index contributed by atoms with van der Waals surface area (Å²) in [5.41, 5.74) is 0.561. The second-order valence-electron chi connectivity index (χ2n) is 5.27. The van der Waals surface area contributed by atoms with Crippen LogP contribution in [0.2, 0.25) is 0 Å². The number of hydrogen-bond acceptors (Lipinski definition) is 4. The number of carbonyl (C=O) groups is 1. The number of amides is 1. The molecule has 5 nitrogen and oxygen atoms in total. The van der Waals surface area contributed by atoms with Crippen molar-refractivity contribution in [3.63, 3.8) is 0 Å². The van der Waals surface area contributed by atoms with Gasteiger partial charge in [-0.15, -0.1) is 0 Å². The van der Waals surface area contributed by atoms with Crippen LogP contribution in [0.1, 0.15) is 18.4 Å². The maximum atomic E-state index is 12.3. The highest BCUT2D eigenvalue weighted by Crippen LogP contribution is 2.22. The van der Waals surface area contributed by atoms with Crippen molar-refractivity contribution in [2.24, 2.45) is 0 Å². The Balaban J connectivity index is 1.67. The van der Waals surface area contributed by atoms with E-state index in [-0.39, 0.29) is 6.09 Å². The SMILES string of the molecule is N#Cc1ccc(OC(=O)N2CCN3CCC2CC3)cc1. The maximum Gasteiger partial charge on any atom is 0.415 e. The Morgan fingerprint density at radius 3 is 2.50 bits per heavy atom. The molecular formula is C15H17N3O2. The molecule has 0 aliphatic carbocycles. The molecule has 0 atom stereocenters. The number of benzene rings is 1. The van der Waals surface area contributed by atoms with Gasteiger partial charge in [-0.1, -0.05) is 0 Å². The molecule has 5 heteroatoms.